The minimum absolute atomic E-state index is 0.0284. The zero-order valence-electron chi connectivity index (χ0n) is 17.9. The van der Waals surface area contributed by atoms with E-state index in [4.69, 9.17) is 9.11 Å². The molecule has 0 aromatic heterocycles. The summed E-state index contributed by atoms with van der Waals surface area (Å²) in [4.78, 5) is 2.56. The van der Waals surface area contributed by atoms with Crippen LogP contribution in [0.3, 0.4) is 0 Å². The summed E-state index contributed by atoms with van der Waals surface area (Å²) in [5, 5.41) is 44.6. The average molecular weight is 519 g/mol. The Kier molecular flexibility index (Phi) is 6.76. The third-order valence-corrected chi connectivity index (χ3v) is 7.91. The first-order valence-electron chi connectivity index (χ1n) is 10.5. The fourth-order valence-corrected chi connectivity index (χ4v) is 5.78. The summed E-state index contributed by atoms with van der Waals surface area (Å²) in [5.74, 6) is -1.07. The highest BCUT2D eigenvalue weighted by Crippen LogP contribution is 2.48. The van der Waals surface area contributed by atoms with Crippen molar-refractivity contribution >= 4 is 31.0 Å². The van der Waals surface area contributed by atoms with E-state index < -0.39 is 56.7 Å². The van der Waals surface area contributed by atoms with Crippen LogP contribution in [0.4, 0.5) is 0 Å². The quantitative estimate of drug-likeness (QED) is 0.256. The summed E-state index contributed by atoms with van der Waals surface area (Å²) in [6.07, 6.45) is -5.30. The molecule has 4 rings (SSSR count). The van der Waals surface area contributed by atoms with Gasteiger partial charge in [0.25, 0.3) is 20.2 Å². The van der Waals surface area contributed by atoms with Gasteiger partial charge < -0.3 is 20.4 Å². The molecule has 6 N–H and O–H groups in total. The minimum Gasteiger partial charge on any atom is -0.374 e. The van der Waals surface area contributed by atoms with Crippen molar-refractivity contribution in [3.05, 3.63) is 46.5 Å². The van der Waals surface area contributed by atoms with E-state index in [2.05, 4.69) is 0 Å². The second-order valence-electron chi connectivity index (χ2n) is 8.49. The first-order chi connectivity index (χ1) is 15.8. The Balaban J connectivity index is 1.69. The molecule has 2 aromatic carbocycles. The van der Waals surface area contributed by atoms with Crippen LogP contribution in [-0.2, 0) is 20.2 Å². The number of hydrogen-bond acceptors (Lipinski definition) is 10. The lowest BCUT2D eigenvalue weighted by Gasteiger charge is -2.42. The largest absolute Gasteiger partial charge is 0.374 e. The first kappa shape index (κ1) is 25.4. The van der Waals surface area contributed by atoms with Crippen LogP contribution in [0.1, 0.15) is 60.0 Å². The number of aliphatic hydroxyl groups is 4. The van der Waals surface area contributed by atoms with E-state index in [1.54, 1.807) is 24.3 Å². The van der Waals surface area contributed by atoms with Gasteiger partial charge in [-0.1, -0.05) is 24.3 Å². The number of hydrogen-bond donors (Lipinski definition) is 6. The molecule has 2 aliphatic heterocycles. The highest BCUT2D eigenvalue weighted by molar-refractivity contribution is 7.86. The lowest BCUT2D eigenvalue weighted by Crippen LogP contribution is -2.40. The Morgan fingerprint density at radius 3 is 1.09 bits per heavy atom. The topological polar surface area (TPSA) is 196 Å². The van der Waals surface area contributed by atoms with Gasteiger partial charge >= 0.3 is 0 Å². The van der Waals surface area contributed by atoms with Crippen LogP contribution in [0.2, 0.25) is 0 Å². The second kappa shape index (κ2) is 9.05. The Morgan fingerprint density at radius 2 is 0.853 bits per heavy atom. The number of benzene rings is 2. The van der Waals surface area contributed by atoms with Gasteiger partial charge in [-0.25, -0.2) is 9.80 Å². The van der Waals surface area contributed by atoms with Crippen LogP contribution in [0.25, 0.3) is 10.8 Å². The maximum absolute atomic E-state index is 11.0. The molecule has 0 bridgehead atoms. The highest BCUT2D eigenvalue weighted by atomic mass is 32.2. The summed E-state index contributed by atoms with van der Waals surface area (Å²) in [7, 11) is -8.40. The molecule has 0 fully saturated rings. The third-order valence-electron chi connectivity index (χ3n) is 6.30. The van der Waals surface area contributed by atoms with Gasteiger partial charge in [0.2, 0.25) is 0 Å². The van der Waals surface area contributed by atoms with Gasteiger partial charge in [-0.15, -0.1) is 0 Å². The van der Waals surface area contributed by atoms with E-state index in [0.717, 1.165) is 0 Å². The normalized spacial score (nSPS) is 25.7. The van der Waals surface area contributed by atoms with E-state index in [9.17, 15) is 37.3 Å². The second-order valence-corrected chi connectivity index (χ2v) is 11.6. The molecule has 2 heterocycles. The van der Waals surface area contributed by atoms with E-state index >= 15 is 0 Å². The molecule has 0 amide bonds. The van der Waals surface area contributed by atoms with E-state index in [1.165, 1.54) is 9.80 Å². The predicted molar refractivity (Wildman–Crippen MR) is 119 cm³/mol. The summed E-state index contributed by atoms with van der Waals surface area (Å²) in [6, 6.07) is 6.26. The van der Waals surface area contributed by atoms with Crippen molar-refractivity contribution < 1.29 is 46.4 Å². The summed E-state index contributed by atoms with van der Waals surface area (Å²) in [5.41, 5.74) is 1.58. The molecular formula is C20H26N2O10S2. The van der Waals surface area contributed by atoms with E-state index in [1.807, 2.05) is 0 Å². The minimum atomic E-state index is -4.20. The van der Waals surface area contributed by atoms with Crippen LogP contribution >= 0.6 is 0 Å². The molecule has 188 valence electrons. The molecule has 2 aromatic rings. The summed E-state index contributed by atoms with van der Waals surface area (Å²) < 4.78 is 62.0. The predicted octanol–water partition coefficient (Wildman–Crippen LogP) is -0.00960. The van der Waals surface area contributed by atoms with Crippen molar-refractivity contribution in [3.8, 4) is 0 Å². The molecule has 0 aliphatic carbocycles. The molecule has 0 saturated heterocycles. The Labute approximate surface area is 196 Å². The maximum Gasteiger partial charge on any atom is 0.264 e. The van der Waals surface area contributed by atoms with E-state index in [0.29, 0.717) is 33.0 Å². The van der Waals surface area contributed by atoms with Crippen molar-refractivity contribution in [1.29, 1.82) is 0 Å². The third kappa shape index (κ3) is 4.70. The Bertz CT molecular complexity index is 1160. The van der Waals surface area contributed by atoms with Crippen LogP contribution < -0.4 is 0 Å². The van der Waals surface area contributed by atoms with Crippen LogP contribution in [-0.4, -0.2) is 80.8 Å². The van der Waals surface area contributed by atoms with Gasteiger partial charge in [-0.05, 0) is 23.6 Å². The lowest BCUT2D eigenvalue weighted by atomic mass is 9.84. The fraction of sp³-hybridized carbons (Fsp3) is 0.500. The standard InChI is InChI=1S/C20H26N2O10S2/c23-17-11-3-5-13-16-14(20(26)22(19(13)25)8-2-10-34(30,31)32)6-4-12(15(11)16)18(24)21(17)7-1-9-33(27,28)29/h3-6,17-20,23-26H,1-2,7-10H2,(H,27,28,29)(H,30,31,32)/t17-,18-,19-,20+/m0/s1. The molecule has 12 nitrogen and oxygen atoms in total. The van der Waals surface area contributed by atoms with Gasteiger partial charge in [0, 0.05) is 35.3 Å². The summed E-state index contributed by atoms with van der Waals surface area (Å²) in [6.45, 7) is -0.0568. The van der Waals surface area contributed by atoms with Crippen LogP contribution in [0.15, 0.2) is 24.3 Å². The Hall–Kier alpha value is -1.72. The van der Waals surface area contributed by atoms with Gasteiger partial charge in [0.05, 0.1) is 11.5 Å². The van der Waals surface area contributed by atoms with E-state index in [-0.39, 0.29) is 25.9 Å². The van der Waals surface area contributed by atoms with Crippen molar-refractivity contribution in [2.24, 2.45) is 0 Å². The SMILES string of the molecule is O=S(=O)(O)CCCN1[C@H](O)c2ccc3c4c(ccc(c24)[C@@H]1O)[C@H](O)N(CCCS(=O)(=O)O)[C@H]3O. The number of aliphatic hydroxyl groups excluding tert-OH is 4. The molecule has 0 spiro atoms. The van der Waals surface area contributed by atoms with Crippen LogP contribution in [0.5, 0.6) is 0 Å². The van der Waals surface area contributed by atoms with Crippen molar-refractivity contribution in [2.45, 2.75) is 37.8 Å². The first-order valence-corrected chi connectivity index (χ1v) is 13.8. The van der Waals surface area contributed by atoms with Gasteiger partial charge in [0.15, 0.2) is 0 Å². The zero-order chi connectivity index (χ0) is 25.0. The van der Waals surface area contributed by atoms with Crippen molar-refractivity contribution in [3.63, 3.8) is 0 Å². The zero-order valence-corrected chi connectivity index (χ0v) is 19.5. The Morgan fingerprint density at radius 1 is 0.588 bits per heavy atom. The lowest BCUT2D eigenvalue weighted by molar-refractivity contribution is -0.114. The summed E-state index contributed by atoms with van der Waals surface area (Å²) >= 11 is 0. The van der Waals surface area contributed by atoms with Crippen LogP contribution in [0, 0.1) is 0 Å². The molecular weight excluding hydrogens is 492 g/mol. The molecule has 14 heteroatoms. The number of rotatable bonds is 8. The molecule has 34 heavy (non-hydrogen) atoms. The van der Waals surface area contributed by atoms with Gasteiger partial charge in [-0.3, -0.25) is 9.11 Å². The smallest absolute Gasteiger partial charge is 0.264 e. The molecule has 4 atom stereocenters. The molecule has 0 unspecified atom stereocenters. The molecule has 0 saturated carbocycles. The van der Waals surface area contributed by atoms with Gasteiger partial charge in [0.1, 0.15) is 24.9 Å². The fourth-order valence-electron chi connectivity index (χ4n) is 4.79. The number of nitrogens with zero attached hydrogens (tertiary/aromatic N) is 2. The monoisotopic (exact) mass is 518 g/mol. The average Bonchev–Trinajstić information content (AvgIpc) is 2.73. The molecule has 2 aliphatic rings. The maximum atomic E-state index is 11.0. The highest BCUT2D eigenvalue weighted by Gasteiger charge is 2.39. The van der Waals surface area contributed by atoms with Crippen molar-refractivity contribution in [2.75, 3.05) is 24.6 Å². The molecule has 0 radical (unpaired) electrons. The van der Waals surface area contributed by atoms with Gasteiger partial charge in [-0.2, -0.15) is 16.8 Å². The van der Waals surface area contributed by atoms with Crippen molar-refractivity contribution in [1.82, 2.24) is 9.80 Å².